The zero-order chi connectivity index (χ0) is 12.7. The van der Waals surface area contributed by atoms with Gasteiger partial charge in [0.05, 0.1) is 17.8 Å². The van der Waals surface area contributed by atoms with E-state index in [-0.39, 0.29) is 18.3 Å². The Morgan fingerprint density at radius 2 is 1.82 bits per heavy atom. The summed E-state index contributed by atoms with van der Waals surface area (Å²) in [6.45, 7) is 8.90. The molecule has 0 unspecified atom stereocenters. The van der Waals surface area contributed by atoms with Crippen LogP contribution in [0.3, 0.4) is 0 Å². The molecule has 0 spiro atoms. The molecule has 1 aromatic rings. The van der Waals surface area contributed by atoms with E-state index in [1.165, 1.54) is 5.56 Å². The molecule has 0 atom stereocenters. The molecule has 0 radical (unpaired) electrons. The average Bonchev–Trinajstić information content (AvgIpc) is 2.71. The van der Waals surface area contributed by atoms with Gasteiger partial charge in [-0.3, -0.25) is 0 Å². The van der Waals surface area contributed by atoms with E-state index in [0.717, 1.165) is 4.78 Å². The summed E-state index contributed by atoms with van der Waals surface area (Å²) in [4.78, 5) is 0. The minimum absolute atomic E-state index is 0.254. The fourth-order valence-corrected chi connectivity index (χ4v) is 2.57. The molecule has 0 bridgehead atoms. The van der Waals surface area contributed by atoms with Crippen LogP contribution in [-0.2, 0) is 20.7 Å². The third-order valence-corrected chi connectivity index (χ3v) is 4.47. The highest BCUT2D eigenvalue weighted by Crippen LogP contribution is 2.36. The van der Waals surface area contributed by atoms with Crippen LogP contribution in [0.1, 0.15) is 33.3 Å². The first kappa shape index (κ1) is 13.1. The second kappa shape index (κ2) is 4.39. The summed E-state index contributed by atoms with van der Waals surface area (Å²) < 4.78 is 18.2. The molecule has 0 saturated carbocycles. The fraction of sp³-hybridized carbons (Fsp3) is 0.667. The zero-order valence-electron chi connectivity index (χ0n) is 11.1. The molecule has 1 fully saturated rings. The van der Waals surface area contributed by atoms with Crippen LogP contribution in [0.15, 0.2) is 11.4 Å². The van der Waals surface area contributed by atoms with Crippen LogP contribution in [0, 0.1) is 0 Å². The minimum atomic E-state index is -0.275. The topological polar surface area (TPSA) is 27.7 Å². The summed E-state index contributed by atoms with van der Waals surface area (Å²) in [7, 11) is 1.45. The number of methoxy groups -OCH3 is 1. The van der Waals surface area contributed by atoms with Gasteiger partial charge in [0.1, 0.15) is 0 Å². The van der Waals surface area contributed by atoms with Crippen molar-refractivity contribution in [2.45, 2.75) is 45.5 Å². The number of ether oxygens (including phenoxy) is 1. The van der Waals surface area contributed by atoms with Crippen molar-refractivity contribution in [1.29, 1.82) is 0 Å². The van der Waals surface area contributed by atoms with Gasteiger partial charge in [-0.15, -0.1) is 0 Å². The van der Waals surface area contributed by atoms with Crippen LogP contribution < -0.4 is 4.78 Å². The minimum Gasteiger partial charge on any atom is -0.399 e. The van der Waals surface area contributed by atoms with Crippen molar-refractivity contribution in [3.05, 3.63) is 17.0 Å². The molecule has 1 saturated heterocycles. The van der Waals surface area contributed by atoms with Crippen LogP contribution >= 0.6 is 11.3 Å². The molecule has 1 aliphatic heterocycles. The molecule has 0 N–H and O–H groups in total. The van der Waals surface area contributed by atoms with Gasteiger partial charge in [0.15, 0.2) is 0 Å². The summed E-state index contributed by atoms with van der Waals surface area (Å²) in [6, 6.07) is 2.09. The number of hydrogen-bond acceptors (Lipinski definition) is 4. The van der Waals surface area contributed by atoms with E-state index in [4.69, 9.17) is 14.0 Å². The van der Waals surface area contributed by atoms with Crippen LogP contribution in [0.4, 0.5) is 0 Å². The summed E-state index contributed by atoms with van der Waals surface area (Å²) >= 11 is 1.66. The Hall–Kier alpha value is -0.355. The maximum Gasteiger partial charge on any atom is 0.505 e. The molecule has 17 heavy (non-hydrogen) atoms. The van der Waals surface area contributed by atoms with Gasteiger partial charge in [0, 0.05) is 11.9 Å². The lowest BCUT2D eigenvalue weighted by atomic mass is 9.87. The zero-order valence-corrected chi connectivity index (χ0v) is 11.9. The van der Waals surface area contributed by atoms with Crippen molar-refractivity contribution in [3.63, 3.8) is 0 Å². The van der Waals surface area contributed by atoms with Gasteiger partial charge in [-0.25, -0.2) is 0 Å². The van der Waals surface area contributed by atoms with Crippen molar-refractivity contribution >= 4 is 23.2 Å². The second-order valence-electron chi connectivity index (χ2n) is 5.38. The van der Waals surface area contributed by atoms with E-state index in [0.29, 0.717) is 6.61 Å². The Morgan fingerprint density at radius 1 is 1.24 bits per heavy atom. The number of thiophene rings is 1. The summed E-state index contributed by atoms with van der Waals surface area (Å²) in [5.74, 6) is 0. The van der Waals surface area contributed by atoms with E-state index in [2.05, 4.69) is 39.1 Å². The Kier molecular flexibility index (Phi) is 3.38. The molecule has 3 nitrogen and oxygen atoms in total. The van der Waals surface area contributed by atoms with Crippen LogP contribution in [0.5, 0.6) is 0 Å². The molecular weight excluding hydrogens is 235 g/mol. The van der Waals surface area contributed by atoms with Gasteiger partial charge in [0.25, 0.3) is 0 Å². The van der Waals surface area contributed by atoms with Crippen molar-refractivity contribution in [1.82, 2.24) is 0 Å². The molecule has 94 valence electrons. The maximum absolute atomic E-state index is 5.99. The van der Waals surface area contributed by atoms with Gasteiger partial charge in [0.2, 0.25) is 0 Å². The monoisotopic (exact) mass is 254 g/mol. The third kappa shape index (κ3) is 2.43. The second-order valence-corrected chi connectivity index (χ2v) is 6.32. The predicted octanol–water partition coefficient (Wildman–Crippen LogP) is 2.19. The molecular formula is C12H19BO3S. The summed E-state index contributed by atoms with van der Waals surface area (Å²) in [6.07, 6.45) is 0. The highest BCUT2D eigenvalue weighted by Gasteiger charge is 2.52. The van der Waals surface area contributed by atoms with Crippen molar-refractivity contribution < 1.29 is 14.0 Å². The van der Waals surface area contributed by atoms with E-state index in [9.17, 15) is 0 Å². The summed E-state index contributed by atoms with van der Waals surface area (Å²) in [5.41, 5.74) is 0.619. The Labute approximate surface area is 107 Å². The van der Waals surface area contributed by atoms with E-state index in [1.54, 1.807) is 18.4 Å². The van der Waals surface area contributed by atoms with Gasteiger partial charge in [-0.1, -0.05) is 0 Å². The highest BCUT2D eigenvalue weighted by molar-refractivity contribution is 7.20. The summed E-state index contributed by atoms with van der Waals surface area (Å²) in [5, 5.41) is 2.09. The van der Waals surface area contributed by atoms with Crippen LogP contribution in [0.2, 0.25) is 0 Å². The highest BCUT2D eigenvalue weighted by atomic mass is 32.1. The average molecular weight is 254 g/mol. The first-order chi connectivity index (χ1) is 7.86. The van der Waals surface area contributed by atoms with Gasteiger partial charge in [-0.2, -0.15) is 11.3 Å². The van der Waals surface area contributed by atoms with Crippen LogP contribution in [0.25, 0.3) is 0 Å². The first-order valence-electron chi connectivity index (χ1n) is 5.77. The normalized spacial score (nSPS) is 22.1. The maximum atomic E-state index is 5.99. The van der Waals surface area contributed by atoms with Crippen molar-refractivity contribution in [2.24, 2.45) is 0 Å². The number of rotatable bonds is 3. The lowest BCUT2D eigenvalue weighted by Crippen LogP contribution is -2.41. The molecule has 5 heteroatoms. The van der Waals surface area contributed by atoms with Crippen molar-refractivity contribution in [2.75, 3.05) is 7.11 Å². The van der Waals surface area contributed by atoms with Gasteiger partial charge < -0.3 is 14.0 Å². The first-order valence-corrected chi connectivity index (χ1v) is 6.65. The quantitative estimate of drug-likeness (QED) is 0.774. The SMILES string of the molecule is COCc1csc(B2OC(C)(C)C(C)(C)O2)c1. The number of hydrogen-bond donors (Lipinski definition) is 0. The lowest BCUT2D eigenvalue weighted by Gasteiger charge is -2.32. The lowest BCUT2D eigenvalue weighted by molar-refractivity contribution is 0.00578. The predicted molar refractivity (Wildman–Crippen MR) is 70.7 cm³/mol. The van der Waals surface area contributed by atoms with Crippen LogP contribution in [-0.4, -0.2) is 25.4 Å². The molecule has 1 aromatic heterocycles. The Morgan fingerprint density at radius 3 is 2.35 bits per heavy atom. The smallest absolute Gasteiger partial charge is 0.399 e. The molecule has 0 aliphatic carbocycles. The van der Waals surface area contributed by atoms with E-state index < -0.39 is 0 Å². The van der Waals surface area contributed by atoms with Gasteiger partial charge >= 0.3 is 7.12 Å². The molecule has 0 amide bonds. The molecule has 0 aromatic carbocycles. The standard InChI is InChI=1S/C12H19BO3S/c1-11(2)12(3,4)16-13(15-11)10-6-9(7-14-5)8-17-10/h6,8H,7H2,1-5H3. The molecule has 2 rings (SSSR count). The van der Waals surface area contributed by atoms with E-state index >= 15 is 0 Å². The van der Waals surface area contributed by atoms with E-state index in [1.807, 2.05) is 0 Å². The van der Waals surface area contributed by atoms with Gasteiger partial charge in [-0.05, 0) is 44.7 Å². The van der Waals surface area contributed by atoms with Crippen molar-refractivity contribution in [3.8, 4) is 0 Å². The Bertz CT molecular complexity index is 384. The fourth-order valence-electron chi connectivity index (χ4n) is 1.72. The molecule has 2 heterocycles. The Balaban J connectivity index is 2.14. The third-order valence-electron chi connectivity index (χ3n) is 3.47. The molecule has 1 aliphatic rings. The largest absolute Gasteiger partial charge is 0.505 e.